The molecule has 1 aliphatic carbocycles. The van der Waals surface area contributed by atoms with E-state index in [-0.39, 0.29) is 23.0 Å². The molecule has 3 aromatic rings. The third-order valence-corrected chi connectivity index (χ3v) is 6.00. The summed E-state index contributed by atoms with van der Waals surface area (Å²) in [6.45, 7) is 6.70. The zero-order valence-electron chi connectivity index (χ0n) is 18.1. The molecule has 0 spiro atoms. The van der Waals surface area contributed by atoms with Crippen molar-refractivity contribution in [3.8, 4) is 11.6 Å². The number of anilines is 1. The van der Waals surface area contributed by atoms with Gasteiger partial charge in [0.15, 0.2) is 0 Å². The van der Waals surface area contributed by atoms with Crippen molar-refractivity contribution in [2.24, 2.45) is 0 Å². The van der Waals surface area contributed by atoms with Gasteiger partial charge in [0.25, 0.3) is 5.91 Å². The van der Waals surface area contributed by atoms with Crippen LogP contribution in [0.25, 0.3) is 5.65 Å². The Labute approximate surface area is 180 Å². The zero-order valence-corrected chi connectivity index (χ0v) is 18.1. The van der Waals surface area contributed by atoms with Crippen LogP contribution in [0.4, 0.5) is 5.82 Å². The van der Waals surface area contributed by atoms with Crippen molar-refractivity contribution in [1.29, 1.82) is 0 Å². The fourth-order valence-electron chi connectivity index (χ4n) is 4.73. The van der Waals surface area contributed by atoms with Gasteiger partial charge in [-0.1, -0.05) is 6.07 Å². The molecule has 1 saturated carbocycles. The molecule has 2 saturated heterocycles. The van der Waals surface area contributed by atoms with Gasteiger partial charge >= 0.3 is 0 Å². The van der Waals surface area contributed by atoms with Gasteiger partial charge in [-0.3, -0.25) is 4.79 Å². The molecule has 3 aliphatic rings. The lowest BCUT2D eigenvalue weighted by Gasteiger charge is -2.41. The number of fused-ring (bicyclic) bond motifs is 2. The minimum atomic E-state index is -0.313. The molecule has 5 heterocycles. The number of aromatic nitrogens is 3. The second-order valence-corrected chi connectivity index (χ2v) is 9.00. The molecule has 2 aliphatic heterocycles. The Morgan fingerprint density at radius 2 is 2.06 bits per heavy atom. The minimum absolute atomic E-state index is 0.0174. The molecule has 1 N–H and O–H groups in total. The largest absolute Gasteiger partial charge is 0.490 e. The number of carbonyl (C=O) groups excluding carboxylic acids is 1. The monoisotopic (exact) mass is 422 g/mol. The fourth-order valence-corrected chi connectivity index (χ4v) is 4.73. The molecule has 8 nitrogen and oxygen atoms in total. The van der Waals surface area contributed by atoms with E-state index in [1.807, 2.05) is 30.5 Å². The lowest BCUT2D eigenvalue weighted by Crippen LogP contribution is -2.45. The van der Waals surface area contributed by atoms with Crippen LogP contribution in [0.5, 0.6) is 11.6 Å². The Balaban J connectivity index is 1.50. The zero-order chi connectivity index (χ0) is 21.8. The first-order valence-corrected chi connectivity index (χ1v) is 10.5. The Kier molecular flexibility index (Phi) is 4.44. The summed E-state index contributed by atoms with van der Waals surface area (Å²) in [6.07, 6.45) is 5.64. The first-order valence-electron chi connectivity index (χ1n) is 10.5. The van der Waals surface area contributed by atoms with E-state index in [0.717, 1.165) is 24.2 Å². The second-order valence-electron chi connectivity index (χ2n) is 9.00. The van der Waals surface area contributed by atoms with Crippen molar-refractivity contribution in [1.82, 2.24) is 14.4 Å². The number of nitrogens with zero attached hydrogens (tertiary/aromatic N) is 3. The van der Waals surface area contributed by atoms with Crippen LogP contribution >= 0.6 is 0 Å². The molecule has 0 unspecified atom stereocenters. The predicted molar refractivity (Wildman–Crippen MR) is 115 cm³/mol. The van der Waals surface area contributed by atoms with E-state index in [1.54, 1.807) is 24.4 Å². The van der Waals surface area contributed by atoms with E-state index in [4.69, 9.17) is 19.2 Å². The number of pyridine rings is 2. The summed E-state index contributed by atoms with van der Waals surface area (Å²) >= 11 is 0. The van der Waals surface area contributed by atoms with Gasteiger partial charge in [0.05, 0.1) is 36.7 Å². The number of rotatable bonds is 6. The van der Waals surface area contributed by atoms with Crippen LogP contribution in [0.1, 0.15) is 49.7 Å². The van der Waals surface area contributed by atoms with Gasteiger partial charge in [0.2, 0.25) is 5.88 Å². The number of methoxy groups -OCH3 is 1. The third kappa shape index (κ3) is 3.40. The summed E-state index contributed by atoms with van der Waals surface area (Å²) in [5, 5.41) is 2.83. The summed E-state index contributed by atoms with van der Waals surface area (Å²) in [6, 6.07) is 7.03. The highest BCUT2D eigenvalue weighted by atomic mass is 16.5. The fraction of sp³-hybridized carbons (Fsp3) is 0.435. The van der Waals surface area contributed by atoms with Gasteiger partial charge in [0.1, 0.15) is 17.2 Å². The van der Waals surface area contributed by atoms with Crippen molar-refractivity contribution in [2.75, 3.05) is 19.0 Å². The molecule has 3 fully saturated rings. The predicted octanol–water partition coefficient (Wildman–Crippen LogP) is 3.60. The van der Waals surface area contributed by atoms with Crippen LogP contribution in [0.15, 0.2) is 36.7 Å². The van der Waals surface area contributed by atoms with Crippen molar-refractivity contribution < 1.29 is 19.0 Å². The van der Waals surface area contributed by atoms with Crippen LogP contribution in [0.2, 0.25) is 0 Å². The summed E-state index contributed by atoms with van der Waals surface area (Å²) in [5.41, 5.74) is 2.12. The van der Waals surface area contributed by atoms with E-state index in [9.17, 15) is 4.79 Å². The molecular weight excluding hydrogens is 396 g/mol. The SMILES string of the molecule is COc1cccc(NC(=O)c2cn3cc(C45COC(C)(C4)C5)nc3cc2OC(C)C)n1. The molecule has 0 atom stereocenters. The smallest absolute Gasteiger partial charge is 0.262 e. The highest BCUT2D eigenvalue weighted by Gasteiger charge is 2.61. The summed E-state index contributed by atoms with van der Waals surface area (Å²) < 4.78 is 18.9. The van der Waals surface area contributed by atoms with E-state index < -0.39 is 0 Å². The van der Waals surface area contributed by atoms with Gasteiger partial charge in [0, 0.05) is 29.9 Å². The minimum Gasteiger partial charge on any atom is -0.490 e. The third-order valence-electron chi connectivity index (χ3n) is 6.00. The summed E-state index contributed by atoms with van der Waals surface area (Å²) in [4.78, 5) is 22.2. The topological polar surface area (TPSA) is 87.0 Å². The van der Waals surface area contributed by atoms with Crippen LogP contribution in [-0.2, 0) is 10.2 Å². The molecule has 1 amide bonds. The van der Waals surface area contributed by atoms with Gasteiger partial charge in [-0.25, -0.2) is 4.98 Å². The average molecular weight is 422 g/mol. The van der Waals surface area contributed by atoms with E-state index in [0.29, 0.717) is 29.6 Å². The van der Waals surface area contributed by atoms with E-state index >= 15 is 0 Å². The normalized spacial score (nSPS) is 24.3. The van der Waals surface area contributed by atoms with Crippen LogP contribution in [0.3, 0.4) is 0 Å². The van der Waals surface area contributed by atoms with Crippen LogP contribution < -0.4 is 14.8 Å². The summed E-state index contributed by atoms with van der Waals surface area (Å²) in [5.74, 6) is 1.00. The lowest BCUT2D eigenvalue weighted by atomic mass is 9.62. The number of amides is 1. The van der Waals surface area contributed by atoms with Gasteiger partial charge in [-0.05, 0) is 39.7 Å². The number of carbonyl (C=O) groups is 1. The quantitative estimate of drug-likeness (QED) is 0.653. The molecule has 2 bridgehead atoms. The van der Waals surface area contributed by atoms with Crippen LogP contribution in [0, 0.1) is 0 Å². The first kappa shape index (κ1) is 19.8. The lowest BCUT2D eigenvalue weighted by molar-refractivity contribution is 0.0154. The van der Waals surface area contributed by atoms with E-state index in [2.05, 4.69) is 17.2 Å². The summed E-state index contributed by atoms with van der Waals surface area (Å²) in [7, 11) is 1.53. The molecule has 3 aromatic heterocycles. The van der Waals surface area contributed by atoms with Crippen molar-refractivity contribution in [2.45, 2.75) is 50.7 Å². The first-order chi connectivity index (χ1) is 14.8. The highest BCUT2D eigenvalue weighted by Crippen LogP contribution is 2.58. The van der Waals surface area contributed by atoms with Crippen molar-refractivity contribution >= 4 is 17.4 Å². The maximum absolute atomic E-state index is 13.1. The van der Waals surface area contributed by atoms with Crippen molar-refractivity contribution in [3.05, 3.63) is 47.9 Å². The molecule has 6 rings (SSSR count). The number of nitrogens with one attached hydrogen (secondary N) is 1. The molecule has 8 heteroatoms. The number of ether oxygens (including phenoxy) is 3. The van der Waals surface area contributed by atoms with E-state index in [1.165, 1.54) is 7.11 Å². The molecule has 0 radical (unpaired) electrons. The molecule has 162 valence electrons. The van der Waals surface area contributed by atoms with Gasteiger partial charge in [-0.15, -0.1) is 0 Å². The molecule has 31 heavy (non-hydrogen) atoms. The maximum Gasteiger partial charge on any atom is 0.262 e. The Hall–Kier alpha value is -3.13. The van der Waals surface area contributed by atoms with Gasteiger partial charge < -0.3 is 23.9 Å². The Morgan fingerprint density at radius 3 is 2.74 bits per heavy atom. The molecule has 0 aromatic carbocycles. The van der Waals surface area contributed by atoms with Crippen molar-refractivity contribution in [3.63, 3.8) is 0 Å². The average Bonchev–Trinajstić information content (AvgIpc) is 3.37. The highest BCUT2D eigenvalue weighted by molar-refractivity contribution is 6.05. The van der Waals surface area contributed by atoms with Crippen LogP contribution in [-0.4, -0.2) is 45.7 Å². The molecular formula is C23H26N4O4. The maximum atomic E-state index is 13.1. The standard InChI is InChI=1S/C23H26N4O4/c1-14(2)31-16-8-19-24-17(23-11-22(3,12-23)30-13-23)10-27(19)9-15(16)21(28)26-18-6-5-7-20(25-18)29-4/h5-10,14H,11-13H2,1-4H3,(H,25,26,28). The number of hydrogen-bond acceptors (Lipinski definition) is 6. The number of imidazole rings is 1. The van der Waals surface area contributed by atoms with Gasteiger partial charge in [-0.2, -0.15) is 4.98 Å². The second kappa shape index (κ2) is 6.95. The number of hydrogen-bond donors (Lipinski definition) is 1. The Bertz CT molecular complexity index is 1160. The Morgan fingerprint density at radius 1 is 1.26 bits per heavy atom.